The van der Waals surface area contributed by atoms with Crippen molar-refractivity contribution in [1.82, 2.24) is 10.6 Å². The molecule has 0 radical (unpaired) electrons. The standard InChI is InChI=1S/C22H20BrClN2O2S/c23-20-11-10-16(29-20)12-13-25-21(27)14-19(15-6-2-1-3-7-15)26-22(28)17-8-4-5-9-18(17)24/h1-11,19H,12-14H2,(H,25,27)(H,26,28)/t19-/m0/s1. The van der Waals surface area contributed by atoms with Crippen LogP contribution in [0.2, 0.25) is 5.02 Å². The minimum atomic E-state index is -0.448. The molecule has 1 atom stereocenters. The van der Waals surface area contributed by atoms with Crippen molar-refractivity contribution in [3.63, 3.8) is 0 Å². The van der Waals surface area contributed by atoms with E-state index in [0.717, 1.165) is 15.8 Å². The van der Waals surface area contributed by atoms with Crippen molar-refractivity contribution in [2.75, 3.05) is 6.54 Å². The van der Waals surface area contributed by atoms with Gasteiger partial charge >= 0.3 is 0 Å². The van der Waals surface area contributed by atoms with Crippen molar-refractivity contribution in [3.8, 4) is 0 Å². The lowest BCUT2D eigenvalue weighted by Gasteiger charge is -2.19. The number of hydrogen-bond acceptors (Lipinski definition) is 3. The SMILES string of the molecule is O=C(C[C@H](NC(=O)c1ccccc1Cl)c1ccccc1)NCCc1ccc(Br)s1. The van der Waals surface area contributed by atoms with Gasteiger partial charge in [0.25, 0.3) is 5.91 Å². The molecule has 2 aromatic carbocycles. The second kappa shape index (κ2) is 10.6. The molecule has 4 nitrogen and oxygen atoms in total. The van der Waals surface area contributed by atoms with Crippen LogP contribution in [-0.2, 0) is 11.2 Å². The monoisotopic (exact) mass is 490 g/mol. The molecule has 0 fully saturated rings. The van der Waals surface area contributed by atoms with E-state index < -0.39 is 6.04 Å². The second-order valence-electron chi connectivity index (χ2n) is 6.43. The third kappa shape index (κ3) is 6.42. The van der Waals surface area contributed by atoms with E-state index in [2.05, 4.69) is 26.6 Å². The number of halogens is 2. The number of hydrogen-bond donors (Lipinski definition) is 2. The molecule has 0 aliphatic heterocycles. The predicted octanol–water partition coefficient (Wildman–Crippen LogP) is 5.38. The fourth-order valence-corrected chi connectivity index (χ4v) is 4.59. The van der Waals surface area contributed by atoms with E-state index in [1.54, 1.807) is 35.6 Å². The molecule has 3 rings (SSSR count). The van der Waals surface area contributed by atoms with Crippen molar-refractivity contribution in [3.05, 3.63) is 91.5 Å². The zero-order valence-corrected chi connectivity index (χ0v) is 18.7. The summed E-state index contributed by atoms with van der Waals surface area (Å²) in [6, 6.07) is 19.9. The summed E-state index contributed by atoms with van der Waals surface area (Å²) in [6.45, 7) is 0.547. The topological polar surface area (TPSA) is 58.2 Å². The molecule has 7 heteroatoms. The second-order valence-corrected chi connectivity index (χ2v) is 9.38. The van der Waals surface area contributed by atoms with Crippen LogP contribution in [0.5, 0.6) is 0 Å². The minimum absolute atomic E-state index is 0.117. The lowest BCUT2D eigenvalue weighted by molar-refractivity contribution is -0.121. The lowest BCUT2D eigenvalue weighted by Crippen LogP contribution is -2.34. The molecular weight excluding hydrogens is 472 g/mol. The highest BCUT2D eigenvalue weighted by Gasteiger charge is 2.20. The van der Waals surface area contributed by atoms with Gasteiger partial charge in [-0.25, -0.2) is 0 Å². The largest absolute Gasteiger partial charge is 0.356 e. The Morgan fingerprint density at radius 2 is 1.72 bits per heavy atom. The molecule has 1 heterocycles. The number of carbonyl (C=O) groups is 2. The Balaban J connectivity index is 1.63. The fourth-order valence-electron chi connectivity index (χ4n) is 2.89. The van der Waals surface area contributed by atoms with Crippen LogP contribution < -0.4 is 10.6 Å². The number of thiophene rings is 1. The van der Waals surface area contributed by atoms with Gasteiger partial charge in [-0.15, -0.1) is 11.3 Å². The van der Waals surface area contributed by atoms with Gasteiger partial charge in [0.2, 0.25) is 5.91 Å². The highest BCUT2D eigenvalue weighted by atomic mass is 79.9. The first kappa shape index (κ1) is 21.6. The van der Waals surface area contributed by atoms with Crippen LogP contribution in [-0.4, -0.2) is 18.4 Å². The third-order valence-electron chi connectivity index (χ3n) is 4.34. The van der Waals surface area contributed by atoms with Crippen molar-refractivity contribution in [2.45, 2.75) is 18.9 Å². The Hall–Kier alpha value is -2.15. The Morgan fingerprint density at radius 3 is 2.41 bits per heavy atom. The van der Waals surface area contributed by atoms with E-state index in [0.29, 0.717) is 17.1 Å². The smallest absolute Gasteiger partial charge is 0.253 e. The average Bonchev–Trinajstić information content (AvgIpc) is 3.13. The predicted molar refractivity (Wildman–Crippen MR) is 121 cm³/mol. The summed E-state index contributed by atoms with van der Waals surface area (Å²) < 4.78 is 1.07. The molecule has 0 spiro atoms. The van der Waals surface area contributed by atoms with Gasteiger partial charge in [-0.1, -0.05) is 54.1 Å². The summed E-state index contributed by atoms with van der Waals surface area (Å²) >= 11 is 11.2. The molecule has 150 valence electrons. The van der Waals surface area contributed by atoms with Crippen molar-refractivity contribution in [1.29, 1.82) is 0 Å². The van der Waals surface area contributed by atoms with Gasteiger partial charge in [0, 0.05) is 11.4 Å². The lowest BCUT2D eigenvalue weighted by atomic mass is 10.0. The van der Waals surface area contributed by atoms with Gasteiger partial charge in [0.1, 0.15) is 0 Å². The van der Waals surface area contributed by atoms with Gasteiger partial charge in [-0.05, 0) is 52.2 Å². The maximum Gasteiger partial charge on any atom is 0.253 e. The number of carbonyl (C=O) groups excluding carboxylic acids is 2. The van der Waals surface area contributed by atoms with E-state index in [1.165, 1.54) is 4.88 Å². The molecule has 29 heavy (non-hydrogen) atoms. The summed E-state index contributed by atoms with van der Waals surface area (Å²) in [5, 5.41) is 6.26. The minimum Gasteiger partial charge on any atom is -0.356 e. The van der Waals surface area contributed by atoms with Crippen LogP contribution >= 0.6 is 38.9 Å². The Labute approximate surface area is 187 Å². The van der Waals surface area contributed by atoms with E-state index in [4.69, 9.17) is 11.6 Å². The van der Waals surface area contributed by atoms with Gasteiger partial charge in [0.15, 0.2) is 0 Å². The molecule has 2 N–H and O–H groups in total. The van der Waals surface area contributed by atoms with Gasteiger partial charge in [-0.2, -0.15) is 0 Å². The van der Waals surface area contributed by atoms with Gasteiger partial charge in [0.05, 0.1) is 26.8 Å². The first-order valence-electron chi connectivity index (χ1n) is 9.14. The van der Waals surface area contributed by atoms with Crippen LogP contribution in [0, 0.1) is 0 Å². The number of nitrogens with one attached hydrogen (secondary N) is 2. The van der Waals surface area contributed by atoms with Crippen LogP contribution in [0.4, 0.5) is 0 Å². The van der Waals surface area contributed by atoms with Crippen molar-refractivity contribution in [2.24, 2.45) is 0 Å². The molecule has 0 saturated carbocycles. The quantitative estimate of drug-likeness (QED) is 0.444. The van der Waals surface area contributed by atoms with Crippen LogP contribution in [0.25, 0.3) is 0 Å². The maximum atomic E-state index is 12.7. The molecule has 2 amide bonds. The molecule has 0 saturated heterocycles. The molecule has 0 unspecified atom stereocenters. The van der Waals surface area contributed by atoms with E-state index in [1.807, 2.05) is 42.5 Å². The average molecular weight is 492 g/mol. The van der Waals surface area contributed by atoms with E-state index in [-0.39, 0.29) is 18.2 Å². The van der Waals surface area contributed by atoms with Crippen LogP contribution in [0.1, 0.15) is 33.3 Å². The van der Waals surface area contributed by atoms with Crippen LogP contribution in [0.3, 0.4) is 0 Å². The summed E-state index contributed by atoms with van der Waals surface area (Å²) in [6.07, 6.45) is 0.915. The zero-order valence-electron chi connectivity index (χ0n) is 15.5. The molecular formula is C22H20BrClN2O2S. The van der Waals surface area contributed by atoms with Crippen molar-refractivity contribution >= 4 is 50.7 Å². The van der Waals surface area contributed by atoms with E-state index in [9.17, 15) is 9.59 Å². The Bertz CT molecular complexity index is 978. The highest BCUT2D eigenvalue weighted by Crippen LogP contribution is 2.22. The Kier molecular flexibility index (Phi) is 7.86. The first-order valence-corrected chi connectivity index (χ1v) is 11.1. The first-order chi connectivity index (χ1) is 14.0. The zero-order chi connectivity index (χ0) is 20.6. The normalized spacial score (nSPS) is 11.7. The molecule has 1 aromatic heterocycles. The molecule has 3 aromatic rings. The van der Waals surface area contributed by atoms with E-state index >= 15 is 0 Å². The summed E-state index contributed by atoms with van der Waals surface area (Å²) in [7, 11) is 0. The molecule has 0 aliphatic rings. The van der Waals surface area contributed by atoms with Crippen molar-refractivity contribution < 1.29 is 9.59 Å². The fraction of sp³-hybridized carbons (Fsp3) is 0.182. The maximum absolute atomic E-state index is 12.7. The summed E-state index contributed by atoms with van der Waals surface area (Å²) in [5.41, 5.74) is 1.25. The van der Waals surface area contributed by atoms with Crippen LogP contribution in [0.15, 0.2) is 70.5 Å². The number of benzene rings is 2. The number of rotatable bonds is 8. The molecule has 0 bridgehead atoms. The summed E-state index contributed by atoms with van der Waals surface area (Å²) in [5.74, 6) is -0.422. The Morgan fingerprint density at radius 1 is 1.00 bits per heavy atom. The highest BCUT2D eigenvalue weighted by molar-refractivity contribution is 9.11. The van der Waals surface area contributed by atoms with Gasteiger partial charge in [-0.3, -0.25) is 9.59 Å². The summed E-state index contributed by atoms with van der Waals surface area (Å²) in [4.78, 5) is 26.4. The van der Waals surface area contributed by atoms with Gasteiger partial charge < -0.3 is 10.6 Å². The number of amides is 2. The third-order valence-corrected chi connectivity index (χ3v) is 6.35. The molecule has 0 aliphatic carbocycles.